The van der Waals surface area contributed by atoms with Crippen LogP contribution < -0.4 is 0 Å². The van der Waals surface area contributed by atoms with Crippen LogP contribution in [0.25, 0.3) is 0 Å². The standard InChI is InChI=1S/C2H12NO15P5/c1-3(2)19(4,5)15-21(9,10)17-23(13,14)18-22(11,12)16-20(6,7)8/h1-2H3,(H,4,5)(H,9,10)(H,11,12)(H,13,14)(H2,6,7,8). The zero-order chi connectivity index (χ0) is 18.9. The van der Waals surface area contributed by atoms with E-state index in [1.807, 2.05) is 0 Å². The van der Waals surface area contributed by atoms with Crippen LogP contribution in [-0.2, 0) is 40.1 Å². The van der Waals surface area contributed by atoms with Gasteiger partial charge in [0.05, 0.1) is 0 Å². The molecule has 0 radical (unpaired) electrons. The normalized spacial score (nSPS) is 23.5. The Kier molecular flexibility index (Phi) is 7.76. The highest BCUT2D eigenvalue weighted by Gasteiger charge is 2.47. The summed E-state index contributed by atoms with van der Waals surface area (Å²) in [6.45, 7) is 0. The van der Waals surface area contributed by atoms with Gasteiger partial charge in [0.25, 0.3) is 0 Å². The number of rotatable bonds is 9. The minimum absolute atomic E-state index is 0.399. The summed E-state index contributed by atoms with van der Waals surface area (Å²) in [6, 6.07) is 0. The van der Waals surface area contributed by atoms with Crippen LogP contribution >= 0.6 is 39.0 Å². The third-order valence-electron chi connectivity index (χ3n) is 1.34. The molecule has 0 saturated carbocycles. The van der Waals surface area contributed by atoms with Crippen molar-refractivity contribution in [3.63, 3.8) is 0 Å². The molecule has 0 aliphatic rings. The fourth-order valence-corrected chi connectivity index (χ4v) is 6.63. The molecular weight excluding hydrogens is 433 g/mol. The fourth-order valence-electron chi connectivity index (χ4n) is 0.647. The lowest BCUT2D eigenvalue weighted by Crippen LogP contribution is -2.09. The summed E-state index contributed by atoms with van der Waals surface area (Å²) in [7, 11) is -26.5. The minimum Gasteiger partial charge on any atom is -0.312 e. The summed E-state index contributed by atoms with van der Waals surface area (Å²) in [5, 5.41) is 0. The Hall–Kier alpha value is 0.710. The van der Waals surface area contributed by atoms with Crippen molar-refractivity contribution in [2.24, 2.45) is 0 Å². The highest BCUT2D eigenvalue weighted by molar-refractivity contribution is 7.71. The molecule has 0 bridgehead atoms. The van der Waals surface area contributed by atoms with Gasteiger partial charge in [0, 0.05) is 0 Å². The average molecular weight is 445 g/mol. The van der Waals surface area contributed by atoms with Gasteiger partial charge in [-0.25, -0.2) is 27.5 Å². The maximum Gasteiger partial charge on any atom is 0.490 e. The van der Waals surface area contributed by atoms with Crippen molar-refractivity contribution < 1.29 is 69.4 Å². The molecule has 4 unspecified atom stereocenters. The summed E-state index contributed by atoms with van der Waals surface area (Å²) in [4.78, 5) is 52.4. The van der Waals surface area contributed by atoms with Crippen molar-refractivity contribution in [2.75, 3.05) is 14.1 Å². The Morgan fingerprint density at radius 3 is 1.22 bits per heavy atom. The Morgan fingerprint density at radius 1 is 0.609 bits per heavy atom. The van der Waals surface area contributed by atoms with Crippen molar-refractivity contribution >= 4 is 39.0 Å². The summed E-state index contributed by atoms with van der Waals surface area (Å²) >= 11 is 0. The van der Waals surface area contributed by atoms with Crippen LogP contribution in [0.3, 0.4) is 0 Å². The van der Waals surface area contributed by atoms with Gasteiger partial charge in [-0.3, -0.25) is 0 Å². The second kappa shape index (κ2) is 7.53. The average Bonchev–Trinajstić information content (AvgIpc) is 2.04. The van der Waals surface area contributed by atoms with E-state index in [9.17, 15) is 22.8 Å². The molecule has 6 N–H and O–H groups in total. The second-order valence-corrected chi connectivity index (χ2v) is 11.7. The van der Waals surface area contributed by atoms with E-state index in [1.54, 1.807) is 0 Å². The summed E-state index contributed by atoms with van der Waals surface area (Å²) in [5.41, 5.74) is 0. The lowest BCUT2D eigenvalue weighted by molar-refractivity contribution is 0.191. The first-order valence-electron chi connectivity index (χ1n) is 4.67. The van der Waals surface area contributed by atoms with Crippen LogP contribution in [0, 0.1) is 0 Å². The van der Waals surface area contributed by atoms with Gasteiger partial charge >= 0.3 is 39.0 Å². The minimum atomic E-state index is -6.01. The molecule has 0 aliphatic heterocycles. The largest absolute Gasteiger partial charge is 0.490 e. The molecule has 4 atom stereocenters. The van der Waals surface area contributed by atoms with Gasteiger partial charge in [0.15, 0.2) is 0 Å². The lowest BCUT2D eigenvalue weighted by Gasteiger charge is -2.22. The fraction of sp³-hybridized carbons (Fsp3) is 1.00. The van der Waals surface area contributed by atoms with Crippen molar-refractivity contribution in [1.29, 1.82) is 0 Å². The maximum atomic E-state index is 11.3. The Morgan fingerprint density at radius 2 is 0.913 bits per heavy atom. The molecule has 16 nitrogen and oxygen atoms in total. The first-order chi connectivity index (χ1) is 9.77. The van der Waals surface area contributed by atoms with Crippen molar-refractivity contribution in [3.05, 3.63) is 0 Å². The van der Waals surface area contributed by atoms with E-state index >= 15 is 0 Å². The molecule has 0 rings (SSSR count). The molecule has 21 heteroatoms. The molecule has 0 fully saturated rings. The predicted octanol–water partition coefficient (Wildman–Crippen LogP) is 0.109. The Labute approximate surface area is 128 Å². The number of phosphoric acid groups is 4. The van der Waals surface area contributed by atoms with Crippen LogP contribution in [0.1, 0.15) is 0 Å². The van der Waals surface area contributed by atoms with E-state index in [0.29, 0.717) is 4.67 Å². The van der Waals surface area contributed by atoms with Gasteiger partial charge < -0.3 is 29.4 Å². The second-order valence-electron chi connectivity index (χ2n) is 3.56. The van der Waals surface area contributed by atoms with Gasteiger partial charge in [-0.05, 0) is 14.1 Å². The first-order valence-corrected chi connectivity index (χ1v) is 12.2. The number of hydrogen-bond donors (Lipinski definition) is 6. The monoisotopic (exact) mass is 445 g/mol. The molecular formula is C2H12NO15P5. The molecule has 23 heavy (non-hydrogen) atoms. The van der Waals surface area contributed by atoms with Crippen molar-refractivity contribution in [2.45, 2.75) is 0 Å². The first kappa shape index (κ1) is 23.7. The zero-order valence-electron chi connectivity index (χ0n) is 11.0. The number of nitrogens with zero attached hydrogens (tertiary/aromatic N) is 1. The maximum absolute atomic E-state index is 11.3. The zero-order valence-corrected chi connectivity index (χ0v) is 15.5. The summed E-state index contributed by atoms with van der Waals surface area (Å²) in [5.74, 6) is 0. The molecule has 0 heterocycles. The van der Waals surface area contributed by atoms with E-state index in [1.165, 1.54) is 0 Å². The summed E-state index contributed by atoms with van der Waals surface area (Å²) < 4.78 is 69.1. The quantitative estimate of drug-likeness (QED) is 0.258. The molecule has 0 aromatic rings. The van der Waals surface area contributed by atoms with Crippen LogP contribution in [0.5, 0.6) is 0 Å². The highest BCUT2D eigenvalue weighted by atomic mass is 31.3. The van der Waals surface area contributed by atoms with Crippen molar-refractivity contribution in [1.82, 2.24) is 4.67 Å². The lowest BCUT2D eigenvalue weighted by atomic mass is 11.3. The SMILES string of the molecule is CN(C)P(=O)(O)OP(=O)(O)OP(=O)(O)OP(=O)(O)OP(=O)(O)O. The topological polar surface area (TPSA) is 247 Å². The third-order valence-corrected chi connectivity index (χ3v) is 9.00. The van der Waals surface area contributed by atoms with Gasteiger partial charge in [-0.2, -0.15) is 17.2 Å². The third kappa shape index (κ3) is 10.3. The van der Waals surface area contributed by atoms with Gasteiger partial charge in [-0.15, -0.1) is 0 Å². The van der Waals surface area contributed by atoms with Crippen LogP contribution in [0.4, 0.5) is 0 Å². The van der Waals surface area contributed by atoms with E-state index < -0.39 is 39.0 Å². The van der Waals surface area contributed by atoms with Crippen LogP contribution in [0.15, 0.2) is 0 Å². The molecule has 0 spiro atoms. The predicted molar refractivity (Wildman–Crippen MR) is 69.4 cm³/mol. The molecule has 0 amide bonds. The molecule has 0 saturated heterocycles. The van der Waals surface area contributed by atoms with Crippen LogP contribution in [-0.4, -0.2) is 48.1 Å². The highest BCUT2D eigenvalue weighted by Crippen LogP contribution is 2.73. The van der Waals surface area contributed by atoms with Crippen LogP contribution in [0.2, 0.25) is 0 Å². The summed E-state index contributed by atoms with van der Waals surface area (Å²) in [6.07, 6.45) is 0. The van der Waals surface area contributed by atoms with Gasteiger partial charge in [0.1, 0.15) is 0 Å². The molecule has 0 aromatic heterocycles. The molecule has 0 aliphatic carbocycles. The Balaban J connectivity index is 5.16. The number of hydrogen-bond acceptors (Lipinski definition) is 9. The smallest absolute Gasteiger partial charge is 0.312 e. The molecule has 0 aromatic carbocycles. The molecule has 140 valence electrons. The van der Waals surface area contributed by atoms with E-state index in [2.05, 4.69) is 17.2 Å². The van der Waals surface area contributed by atoms with E-state index in [0.717, 1.165) is 14.1 Å². The Bertz CT molecular complexity index is 659. The van der Waals surface area contributed by atoms with Gasteiger partial charge in [0.2, 0.25) is 0 Å². The van der Waals surface area contributed by atoms with Crippen molar-refractivity contribution in [3.8, 4) is 0 Å². The van der Waals surface area contributed by atoms with Gasteiger partial charge in [-0.1, -0.05) is 0 Å². The van der Waals surface area contributed by atoms with E-state index in [-0.39, 0.29) is 0 Å². The van der Waals surface area contributed by atoms with E-state index in [4.69, 9.17) is 29.4 Å².